The van der Waals surface area contributed by atoms with Crippen LogP contribution >= 0.6 is 11.8 Å². The summed E-state index contributed by atoms with van der Waals surface area (Å²) in [7, 11) is 0. The first kappa shape index (κ1) is 18.1. The Morgan fingerprint density at radius 2 is 2.00 bits per heavy atom. The maximum Gasteiger partial charge on any atom is 0.333 e. The summed E-state index contributed by atoms with van der Waals surface area (Å²) >= 11 is 1.61. The van der Waals surface area contributed by atoms with Gasteiger partial charge in [-0.2, -0.15) is 0 Å². The highest BCUT2D eigenvalue weighted by molar-refractivity contribution is 8.01. The van der Waals surface area contributed by atoms with Gasteiger partial charge < -0.3 is 14.4 Å². The second-order valence-electron chi connectivity index (χ2n) is 6.71. The van der Waals surface area contributed by atoms with E-state index in [1.54, 1.807) is 23.6 Å². The molecule has 4 atom stereocenters. The van der Waals surface area contributed by atoms with E-state index in [1.165, 1.54) is 6.92 Å². The van der Waals surface area contributed by atoms with E-state index in [-0.39, 0.29) is 23.2 Å². The first-order valence-corrected chi connectivity index (χ1v) is 8.95. The number of thioether (sulfide) groups is 1. The van der Waals surface area contributed by atoms with Gasteiger partial charge in [0.05, 0.1) is 17.7 Å². The smallest absolute Gasteiger partial charge is 0.333 e. The molecule has 2 fully saturated rings. The Kier molecular flexibility index (Phi) is 5.28. The number of β-lactam (4-membered cyclic amide) rings is 1. The van der Waals surface area contributed by atoms with Crippen molar-refractivity contribution in [1.82, 2.24) is 4.90 Å². The lowest BCUT2D eigenvalue weighted by Crippen LogP contribution is -2.57. The highest BCUT2D eigenvalue weighted by Crippen LogP contribution is 2.50. The Hall–Kier alpha value is -1.24. The molecule has 1 amide bonds. The van der Waals surface area contributed by atoms with Crippen LogP contribution in [0, 0.1) is 5.92 Å². The van der Waals surface area contributed by atoms with Crippen LogP contribution in [0.3, 0.4) is 0 Å². The molecule has 0 aromatic heterocycles. The molecule has 0 saturated carbocycles. The molecule has 2 aliphatic heterocycles. The Morgan fingerprint density at radius 3 is 2.57 bits per heavy atom. The van der Waals surface area contributed by atoms with Gasteiger partial charge in [-0.15, -0.1) is 11.8 Å². The average molecular weight is 343 g/mol. The lowest BCUT2D eigenvalue weighted by molar-refractivity contribution is -0.193. The zero-order valence-corrected chi connectivity index (χ0v) is 15.1. The topological polar surface area (TPSA) is 72.9 Å². The Balaban J connectivity index is 1.93. The maximum absolute atomic E-state index is 12.5. The monoisotopic (exact) mass is 343 g/mol. The summed E-state index contributed by atoms with van der Waals surface area (Å²) < 4.78 is 10.0. The van der Waals surface area contributed by atoms with Crippen molar-refractivity contribution < 1.29 is 23.9 Å². The molecule has 0 aliphatic carbocycles. The molecule has 2 heterocycles. The number of rotatable bonds is 6. The van der Waals surface area contributed by atoms with E-state index >= 15 is 0 Å². The van der Waals surface area contributed by atoms with Crippen molar-refractivity contribution in [3.63, 3.8) is 0 Å². The van der Waals surface area contributed by atoms with Crippen LogP contribution in [0.4, 0.5) is 0 Å². The molecule has 6 nitrogen and oxygen atoms in total. The first-order chi connectivity index (χ1) is 10.7. The first-order valence-electron chi connectivity index (χ1n) is 8.07. The fourth-order valence-corrected chi connectivity index (χ4v) is 4.66. The van der Waals surface area contributed by atoms with Crippen LogP contribution in [0.5, 0.6) is 0 Å². The van der Waals surface area contributed by atoms with Gasteiger partial charge in [0.15, 0.2) is 0 Å². The molecule has 0 spiro atoms. The predicted octanol–water partition coefficient (Wildman–Crippen LogP) is 2.31. The van der Waals surface area contributed by atoms with Gasteiger partial charge in [-0.05, 0) is 20.3 Å². The number of ether oxygens (including phenoxy) is 2. The summed E-state index contributed by atoms with van der Waals surface area (Å²) in [6.07, 6.45) is 1.13. The minimum absolute atomic E-state index is 0.0313. The van der Waals surface area contributed by atoms with Gasteiger partial charge in [0.2, 0.25) is 12.2 Å². The van der Waals surface area contributed by atoms with Crippen molar-refractivity contribution in [2.75, 3.05) is 0 Å². The van der Waals surface area contributed by atoms with Gasteiger partial charge in [-0.1, -0.05) is 20.3 Å². The van der Waals surface area contributed by atoms with Gasteiger partial charge >= 0.3 is 11.9 Å². The lowest BCUT2D eigenvalue weighted by atomic mass is 9.98. The Labute approximate surface area is 141 Å². The van der Waals surface area contributed by atoms with E-state index < -0.39 is 23.0 Å². The van der Waals surface area contributed by atoms with Crippen LogP contribution in [-0.2, 0) is 23.9 Å². The molecular formula is C16H25NO5S. The third kappa shape index (κ3) is 3.65. The largest absolute Gasteiger partial charge is 0.425 e. The summed E-state index contributed by atoms with van der Waals surface area (Å²) in [5.41, 5.74) is 0. The minimum atomic E-state index is -0.953. The summed E-state index contributed by atoms with van der Waals surface area (Å²) in [6.45, 7) is 9.16. The highest BCUT2D eigenvalue weighted by atomic mass is 32.2. The van der Waals surface area contributed by atoms with E-state index in [0.717, 1.165) is 12.8 Å². The standard InChI is InChI=1S/C16H25NO5S/c1-6-7-9(2)14(19)21-10(3)22-15(20)13-16(4,5)23-12-8-11(18)17(12)13/h9-10,12-13H,6-8H2,1-5H3/t9?,10?,12-,13+/m1/s1. The van der Waals surface area contributed by atoms with Crippen molar-refractivity contribution in [1.29, 1.82) is 0 Å². The number of carbonyl (C=O) groups excluding carboxylic acids is 3. The number of hydrogen-bond donors (Lipinski definition) is 0. The van der Waals surface area contributed by atoms with Crippen LogP contribution in [0.15, 0.2) is 0 Å². The molecule has 23 heavy (non-hydrogen) atoms. The van der Waals surface area contributed by atoms with E-state index in [1.807, 2.05) is 20.8 Å². The van der Waals surface area contributed by atoms with Crippen molar-refractivity contribution in [2.24, 2.45) is 5.92 Å². The zero-order valence-electron chi connectivity index (χ0n) is 14.3. The fourth-order valence-electron chi connectivity index (χ4n) is 3.04. The summed E-state index contributed by atoms with van der Waals surface area (Å²) in [5.74, 6) is -1.14. The van der Waals surface area contributed by atoms with Crippen LogP contribution in [0.2, 0.25) is 0 Å². The van der Waals surface area contributed by atoms with Crippen molar-refractivity contribution >= 4 is 29.6 Å². The van der Waals surface area contributed by atoms with Crippen LogP contribution < -0.4 is 0 Å². The molecule has 0 radical (unpaired) electrons. The van der Waals surface area contributed by atoms with Crippen molar-refractivity contribution in [3.8, 4) is 0 Å². The lowest BCUT2D eigenvalue weighted by Gasteiger charge is -2.37. The quantitative estimate of drug-likeness (QED) is 0.419. The molecule has 0 N–H and O–H groups in total. The van der Waals surface area contributed by atoms with E-state index in [9.17, 15) is 14.4 Å². The van der Waals surface area contributed by atoms with Crippen LogP contribution in [0.25, 0.3) is 0 Å². The zero-order chi connectivity index (χ0) is 17.4. The molecule has 130 valence electrons. The molecule has 2 saturated heterocycles. The normalized spacial score (nSPS) is 27.7. The van der Waals surface area contributed by atoms with Gasteiger partial charge in [0.1, 0.15) is 6.04 Å². The van der Waals surface area contributed by atoms with Crippen LogP contribution in [-0.4, -0.2) is 45.2 Å². The molecule has 2 rings (SSSR count). The number of amides is 1. The van der Waals surface area contributed by atoms with Gasteiger partial charge in [0.25, 0.3) is 0 Å². The summed E-state index contributed by atoms with van der Waals surface area (Å²) in [6, 6.07) is -0.632. The van der Waals surface area contributed by atoms with Gasteiger partial charge in [0, 0.05) is 11.7 Å². The number of carbonyl (C=O) groups is 3. The molecule has 0 bridgehead atoms. The number of hydrogen-bond acceptors (Lipinski definition) is 6. The average Bonchev–Trinajstić information content (AvgIpc) is 2.65. The van der Waals surface area contributed by atoms with Crippen LogP contribution in [0.1, 0.15) is 53.9 Å². The second-order valence-corrected chi connectivity index (χ2v) is 8.55. The molecule has 7 heteroatoms. The molecule has 0 aromatic carbocycles. The summed E-state index contributed by atoms with van der Waals surface area (Å²) in [4.78, 5) is 37.7. The molecule has 2 unspecified atom stereocenters. The van der Waals surface area contributed by atoms with Crippen molar-refractivity contribution in [2.45, 2.75) is 76.3 Å². The molecule has 2 aliphatic rings. The Bertz CT molecular complexity index is 507. The summed E-state index contributed by atoms with van der Waals surface area (Å²) in [5, 5.41) is 0.0532. The van der Waals surface area contributed by atoms with Gasteiger partial charge in [-0.25, -0.2) is 4.79 Å². The SMILES string of the molecule is CCCC(C)C(=O)OC(C)OC(=O)[C@@H]1N2C(=O)C[C@H]2SC1(C)C. The maximum atomic E-state index is 12.5. The Morgan fingerprint density at radius 1 is 1.35 bits per heavy atom. The third-order valence-corrected chi connectivity index (χ3v) is 5.73. The number of nitrogens with zero attached hydrogens (tertiary/aromatic N) is 1. The highest BCUT2D eigenvalue weighted by Gasteiger charge is 2.59. The van der Waals surface area contributed by atoms with Gasteiger partial charge in [-0.3, -0.25) is 9.59 Å². The predicted molar refractivity (Wildman–Crippen MR) is 86.4 cm³/mol. The van der Waals surface area contributed by atoms with E-state index in [2.05, 4.69) is 0 Å². The number of fused-ring (bicyclic) bond motifs is 1. The van der Waals surface area contributed by atoms with E-state index in [4.69, 9.17) is 9.47 Å². The fraction of sp³-hybridized carbons (Fsp3) is 0.812. The molecule has 0 aromatic rings. The molecular weight excluding hydrogens is 318 g/mol. The van der Waals surface area contributed by atoms with E-state index in [0.29, 0.717) is 6.42 Å². The van der Waals surface area contributed by atoms with Crippen molar-refractivity contribution in [3.05, 3.63) is 0 Å². The second kappa shape index (κ2) is 6.71. The third-order valence-electron chi connectivity index (χ3n) is 4.24. The minimum Gasteiger partial charge on any atom is -0.425 e. The number of esters is 2.